The summed E-state index contributed by atoms with van der Waals surface area (Å²) in [6.45, 7) is 3.50. The van der Waals surface area contributed by atoms with Crippen LogP contribution in [0, 0.1) is 0 Å². The second-order valence-corrected chi connectivity index (χ2v) is 2.58. The Hall–Kier alpha value is -0.150. The molecule has 0 radical (unpaired) electrons. The number of nitrogens with one attached hydrogen (secondary N) is 2. The quantitative estimate of drug-likeness (QED) is 0.521. The molecule has 1 rings (SSSR count). The summed E-state index contributed by atoms with van der Waals surface area (Å²) in [6.07, 6.45) is 0. The summed E-state index contributed by atoms with van der Waals surface area (Å²) in [5.41, 5.74) is 0. The fraction of sp³-hybridized carbons (Fsp3) is 1.00. The van der Waals surface area contributed by atoms with Gasteiger partial charge in [-0.15, -0.1) is 0 Å². The van der Waals surface area contributed by atoms with Crippen LogP contribution in [0.15, 0.2) is 0 Å². The van der Waals surface area contributed by atoms with Gasteiger partial charge in [-0.05, 0) is 6.92 Å². The van der Waals surface area contributed by atoms with Gasteiger partial charge >= 0.3 is 0 Å². The summed E-state index contributed by atoms with van der Waals surface area (Å²) >= 11 is 0. The van der Waals surface area contributed by atoms with E-state index in [0.717, 1.165) is 13.1 Å². The second-order valence-electron chi connectivity index (χ2n) is 2.58. The lowest BCUT2D eigenvalue weighted by Crippen LogP contribution is -2.54. The highest BCUT2D eigenvalue weighted by molar-refractivity contribution is 4.79. The average molecular weight is 132 g/mol. The van der Waals surface area contributed by atoms with E-state index < -0.39 is 0 Å². The van der Waals surface area contributed by atoms with Crippen molar-refractivity contribution >= 4 is 0 Å². The van der Waals surface area contributed by atoms with Crippen LogP contribution in [0.25, 0.3) is 0 Å². The standard InChI is InChI=1S/C6H13FN2/c1-5-3-8-4-6(2-7)9-5/h5-6,8-9H,2-4H2,1H3. The highest BCUT2D eigenvalue weighted by Gasteiger charge is 2.15. The van der Waals surface area contributed by atoms with Crippen molar-refractivity contribution in [3.05, 3.63) is 0 Å². The Morgan fingerprint density at radius 2 is 2.33 bits per heavy atom. The van der Waals surface area contributed by atoms with Gasteiger partial charge in [-0.25, -0.2) is 4.39 Å². The summed E-state index contributed by atoms with van der Waals surface area (Å²) in [5, 5.41) is 6.26. The minimum Gasteiger partial charge on any atom is -0.314 e. The third-order valence-electron chi connectivity index (χ3n) is 1.55. The van der Waals surface area contributed by atoms with E-state index in [0.29, 0.717) is 6.04 Å². The number of alkyl halides is 1. The van der Waals surface area contributed by atoms with Gasteiger partial charge in [0.2, 0.25) is 0 Å². The molecule has 0 bridgehead atoms. The predicted molar refractivity (Wildman–Crippen MR) is 35.2 cm³/mol. The molecule has 54 valence electrons. The molecule has 0 aliphatic carbocycles. The molecule has 3 heteroatoms. The van der Waals surface area contributed by atoms with Crippen LogP contribution in [-0.4, -0.2) is 31.8 Å². The van der Waals surface area contributed by atoms with Crippen LogP contribution in [0.4, 0.5) is 4.39 Å². The minimum absolute atomic E-state index is 0.0359. The van der Waals surface area contributed by atoms with Crippen molar-refractivity contribution in [1.29, 1.82) is 0 Å². The van der Waals surface area contributed by atoms with E-state index in [9.17, 15) is 4.39 Å². The van der Waals surface area contributed by atoms with Crippen molar-refractivity contribution < 1.29 is 4.39 Å². The Bertz CT molecular complexity index is 87.1. The van der Waals surface area contributed by atoms with Gasteiger partial charge in [-0.3, -0.25) is 0 Å². The normalized spacial score (nSPS) is 36.7. The Labute approximate surface area is 54.8 Å². The molecule has 1 saturated heterocycles. The van der Waals surface area contributed by atoms with E-state index in [-0.39, 0.29) is 12.7 Å². The van der Waals surface area contributed by atoms with Gasteiger partial charge in [0.15, 0.2) is 0 Å². The van der Waals surface area contributed by atoms with Crippen molar-refractivity contribution in [2.75, 3.05) is 19.8 Å². The van der Waals surface area contributed by atoms with E-state index in [4.69, 9.17) is 0 Å². The van der Waals surface area contributed by atoms with Crippen LogP contribution >= 0.6 is 0 Å². The molecule has 1 fully saturated rings. The molecule has 0 aromatic carbocycles. The molecule has 0 spiro atoms. The molecule has 2 N–H and O–H groups in total. The first kappa shape index (κ1) is 6.96. The first-order valence-electron chi connectivity index (χ1n) is 3.35. The number of piperazine rings is 1. The maximum Gasteiger partial charge on any atom is 0.106 e. The lowest BCUT2D eigenvalue weighted by atomic mass is 10.2. The van der Waals surface area contributed by atoms with Gasteiger partial charge in [0, 0.05) is 25.2 Å². The van der Waals surface area contributed by atoms with Crippen molar-refractivity contribution in [3.63, 3.8) is 0 Å². The van der Waals surface area contributed by atoms with Crippen LogP contribution in [0.2, 0.25) is 0 Å². The fourth-order valence-corrected chi connectivity index (χ4v) is 1.09. The zero-order valence-electron chi connectivity index (χ0n) is 5.65. The van der Waals surface area contributed by atoms with Crippen LogP contribution < -0.4 is 10.6 Å². The van der Waals surface area contributed by atoms with Gasteiger partial charge in [-0.2, -0.15) is 0 Å². The molecular weight excluding hydrogens is 119 g/mol. The van der Waals surface area contributed by atoms with Gasteiger partial charge in [0.05, 0.1) is 0 Å². The average Bonchev–Trinajstić information content (AvgIpc) is 1.88. The molecule has 0 aromatic heterocycles. The summed E-state index contributed by atoms with van der Waals surface area (Å²) in [5.74, 6) is 0. The Morgan fingerprint density at radius 1 is 1.56 bits per heavy atom. The molecule has 1 heterocycles. The Morgan fingerprint density at radius 3 is 2.78 bits per heavy atom. The van der Waals surface area contributed by atoms with Crippen molar-refractivity contribution in [1.82, 2.24) is 10.6 Å². The van der Waals surface area contributed by atoms with E-state index in [1.807, 2.05) is 0 Å². The molecule has 1 aliphatic heterocycles. The number of hydrogen-bond acceptors (Lipinski definition) is 2. The SMILES string of the molecule is CC1CNCC(CF)N1. The van der Waals surface area contributed by atoms with Gasteiger partial charge in [0.1, 0.15) is 6.67 Å². The highest BCUT2D eigenvalue weighted by Crippen LogP contribution is 1.92. The minimum atomic E-state index is -0.267. The third kappa shape index (κ3) is 1.91. The third-order valence-corrected chi connectivity index (χ3v) is 1.55. The van der Waals surface area contributed by atoms with Crippen LogP contribution in [0.3, 0.4) is 0 Å². The van der Waals surface area contributed by atoms with E-state index in [1.54, 1.807) is 0 Å². The molecule has 2 unspecified atom stereocenters. The molecule has 2 nitrogen and oxygen atoms in total. The van der Waals surface area contributed by atoms with Crippen molar-refractivity contribution in [3.8, 4) is 0 Å². The lowest BCUT2D eigenvalue weighted by molar-refractivity contribution is 0.295. The maximum atomic E-state index is 11.9. The zero-order chi connectivity index (χ0) is 6.69. The first-order valence-corrected chi connectivity index (χ1v) is 3.35. The van der Waals surface area contributed by atoms with Crippen LogP contribution in [0.1, 0.15) is 6.92 Å². The summed E-state index contributed by atoms with van der Waals surface area (Å²) in [4.78, 5) is 0. The molecule has 0 amide bonds. The molecule has 9 heavy (non-hydrogen) atoms. The van der Waals surface area contributed by atoms with E-state index in [2.05, 4.69) is 17.6 Å². The molecule has 2 atom stereocenters. The second kappa shape index (κ2) is 3.13. The summed E-state index contributed by atoms with van der Waals surface area (Å²) in [6, 6.07) is 0.452. The Balaban J connectivity index is 2.23. The van der Waals surface area contributed by atoms with Crippen LogP contribution in [-0.2, 0) is 0 Å². The largest absolute Gasteiger partial charge is 0.314 e. The topological polar surface area (TPSA) is 24.1 Å². The molecule has 0 saturated carbocycles. The lowest BCUT2D eigenvalue weighted by Gasteiger charge is -2.27. The number of hydrogen-bond donors (Lipinski definition) is 2. The van der Waals surface area contributed by atoms with E-state index >= 15 is 0 Å². The van der Waals surface area contributed by atoms with Crippen molar-refractivity contribution in [2.24, 2.45) is 0 Å². The summed E-state index contributed by atoms with van der Waals surface area (Å²) in [7, 11) is 0. The van der Waals surface area contributed by atoms with Crippen molar-refractivity contribution in [2.45, 2.75) is 19.0 Å². The predicted octanol–water partition coefficient (Wildman–Crippen LogP) is -0.0942. The van der Waals surface area contributed by atoms with Gasteiger partial charge in [0.25, 0.3) is 0 Å². The van der Waals surface area contributed by atoms with E-state index in [1.165, 1.54) is 0 Å². The number of rotatable bonds is 1. The van der Waals surface area contributed by atoms with Crippen LogP contribution in [0.5, 0.6) is 0 Å². The smallest absolute Gasteiger partial charge is 0.106 e. The fourth-order valence-electron chi connectivity index (χ4n) is 1.09. The highest BCUT2D eigenvalue weighted by atomic mass is 19.1. The maximum absolute atomic E-state index is 11.9. The Kier molecular flexibility index (Phi) is 2.42. The summed E-state index contributed by atoms with van der Waals surface area (Å²) < 4.78 is 11.9. The first-order chi connectivity index (χ1) is 4.33. The zero-order valence-corrected chi connectivity index (χ0v) is 5.65. The van der Waals surface area contributed by atoms with Gasteiger partial charge in [-0.1, -0.05) is 0 Å². The van der Waals surface area contributed by atoms with Gasteiger partial charge < -0.3 is 10.6 Å². The molecule has 1 aliphatic rings. The molecular formula is C6H13FN2. The number of halogens is 1. The monoisotopic (exact) mass is 132 g/mol. The molecule has 0 aromatic rings.